The van der Waals surface area contributed by atoms with Crippen LogP contribution in [-0.4, -0.2) is 23.5 Å². The van der Waals surface area contributed by atoms with Crippen molar-refractivity contribution in [2.24, 2.45) is 0 Å². The lowest BCUT2D eigenvalue weighted by atomic mass is 10.1. The van der Waals surface area contributed by atoms with Crippen molar-refractivity contribution in [3.63, 3.8) is 0 Å². The molecule has 2 nitrogen and oxygen atoms in total. The number of rotatable bonds is 7. The fourth-order valence-corrected chi connectivity index (χ4v) is 2.28. The van der Waals surface area contributed by atoms with E-state index in [9.17, 15) is 0 Å². The summed E-state index contributed by atoms with van der Waals surface area (Å²) in [7, 11) is 0. The van der Waals surface area contributed by atoms with Gasteiger partial charge in [0.2, 0.25) is 0 Å². The number of hydrogen-bond donors (Lipinski definition) is 1. The van der Waals surface area contributed by atoms with Gasteiger partial charge in [-0.2, -0.15) is 0 Å². The van der Waals surface area contributed by atoms with Crippen LogP contribution in [0.5, 0.6) is 0 Å². The van der Waals surface area contributed by atoms with E-state index in [-0.39, 0.29) is 0 Å². The van der Waals surface area contributed by atoms with E-state index < -0.39 is 0 Å². The maximum absolute atomic E-state index is 3.58. The Hall–Kier alpha value is -0.860. The number of nitrogens with one attached hydrogen (secondary N) is 1. The minimum absolute atomic E-state index is 0.614. The molecule has 0 aromatic heterocycles. The lowest BCUT2D eigenvalue weighted by Crippen LogP contribution is -2.30. The zero-order valence-electron chi connectivity index (χ0n) is 11.9. The van der Waals surface area contributed by atoms with Gasteiger partial charge in [0.1, 0.15) is 0 Å². The first-order chi connectivity index (χ1) is 8.69. The first kappa shape index (κ1) is 13.6. The number of nitrogens with zero attached hydrogens (tertiary/aromatic N) is 1. The Bertz CT molecular complexity index is 369. The Morgan fingerprint density at radius 2 is 2.00 bits per heavy atom. The predicted molar refractivity (Wildman–Crippen MR) is 77.5 cm³/mol. The first-order valence-corrected chi connectivity index (χ1v) is 7.24. The second-order valence-electron chi connectivity index (χ2n) is 5.63. The molecule has 18 heavy (non-hydrogen) atoms. The molecule has 0 saturated heterocycles. The molecule has 1 saturated carbocycles. The summed E-state index contributed by atoms with van der Waals surface area (Å²) < 4.78 is 0. The van der Waals surface area contributed by atoms with E-state index in [1.54, 1.807) is 0 Å². The summed E-state index contributed by atoms with van der Waals surface area (Å²) in [4.78, 5) is 2.49. The van der Waals surface area contributed by atoms with Gasteiger partial charge < -0.3 is 5.32 Å². The molecule has 0 atom stereocenters. The van der Waals surface area contributed by atoms with Gasteiger partial charge in [-0.3, -0.25) is 4.90 Å². The van der Waals surface area contributed by atoms with Crippen LogP contribution in [0.1, 0.15) is 44.7 Å². The fourth-order valence-electron chi connectivity index (χ4n) is 2.28. The molecule has 2 heteroatoms. The van der Waals surface area contributed by atoms with Gasteiger partial charge >= 0.3 is 0 Å². The third-order valence-electron chi connectivity index (χ3n) is 3.69. The molecule has 100 valence electrons. The van der Waals surface area contributed by atoms with Crippen LogP contribution in [0.3, 0.4) is 0 Å². The summed E-state index contributed by atoms with van der Waals surface area (Å²) in [6.45, 7) is 9.96. The molecule has 0 bridgehead atoms. The molecule has 0 heterocycles. The molecule has 0 spiro atoms. The van der Waals surface area contributed by atoms with Crippen molar-refractivity contribution >= 4 is 0 Å². The van der Waals surface area contributed by atoms with E-state index in [0.717, 1.165) is 25.7 Å². The van der Waals surface area contributed by atoms with E-state index >= 15 is 0 Å². The van der Waals surface area contributed by atoms with Gasteiger partial charge in [-0.25, -0.2) is 0 Å². The van der Waals surface area contributed by atoms with Crippen LogP contribution in [0.15, 0.2) is 24.3 Å². The molecule has 0 aliphatic heterocycles. The molecule has 0 unspecified atom stereocenters. The lowest BCUT2D eigenvalue weighted by molar-refractivity contribution is 0.225. The van der Waals surface area contributed by atoms with Crippen molar-refractivity contribution in [3.8, 4) is 0 Å². The molecule has 1 aliphatic carbocycles. The summed E-state index contributed by atoms with van der Waals surface area (Å²) >= 11 is 0. The average molecular weight is 246 g/mol. The number of hydrogen-bond acceptors (Lipinski definition) is 2. The normalized spacial score (nSPS) is 15.6. The van der Waals surface area contributed by atoms with Crippen LogP contribution >= 0.6 is 0 Å². The minimum atomic E-state index is 0.614. The van der Waals surface area contributed by atoms with Crippen molar-refractivity contribution in [2.45, 2.75) is 58.8 Å². The van der Waals surface area contributed by atoms with Crippen LogP contribution in [0.2, 0.25) is 0 Å². The summed E-state index contributed by atoms with van der Waals surface area (Å²) in [5.41, 5.74) is 2.85. The third-order valence-corrected chi connectivity index (χ3v) is 3.69. The number of benzene rings is 1. The summed E-state index contributed by atoms with van der Waals surface area (Å²) in [6, 6.07) is 10.4. The van der Waals surface area contributed by atoms with Gasteiger partial charge in [0.25, 0.3) is 0 Å². The van der Waals surface area contributed by atoms with Crippen molar-refractivity contribution in [1.29, 1.82) is 0 Å². The predicted octanol–water partition coefficient (Wildman–Crippen LogP) is 3.17. The summed E-state index contributed by atoms with van der Waals surface area (Å²) in [5.74, 6) is 0. The summed E-state index contributed by atoms with van der Waals surface area (Å²) in [6.07, 6.45) is 2.72. The molecule has 1 aliphatic rings. The van der Waals surface area contributed by atoms with E-state index in [2.05, 4.69) is 55.3 Å². The smallest absolute Gasteiger partial charge is 0.0236 e. The van der Waals surface area contributed by atoms with Gasteiger partial charge in [0.05, 0.1) is 0 Å². The van der Waals surface area contributed by atoms with E-state index in [1.807, 2.05) is 0 Å². The standard InChI is InChI=1S/C16H26N2/c1-4-18(13(2)3)12-15-7-5-6-14(10-15)11-17-16-8-9-16/h5-7,10,13,16-17H,4,8-9,11-12H2,1-3H3. The van der Waals surface area contributed by atoms with Gasteiger partial charge in [0.15, 0.2) is 0 Å². The van der Waals surface area contributed by atoms with Crippen molar-refractivity contribution in [3.05, 3.63) is 35.4 Å². The molecule has 0 amide bonds. The average Bonchev–Trinajstić information content (AvgIpc) is 3.17. The third kappa shape index (κ3) is 4.11. The molecular weight excluding hydrogens is 220 g/mol. The van der Waals surface area contributed by atoms with Gasteiger partial charge in [0, 0.05) is 25.2 Å². The Morgan fingerprint density at radius 1 is 1.28 bits per heavy atom. The quantitative estimate of drug-likeness (QED) is 0.795. The van der Waals surface area contributed by atoms with E-state index in [0.29, 0.717) is 6.04 Å². The van der Waals surface area contributed by atoms with Crippen LogP contribution in [0.4, 0.5) is 0 Å². The molecule has 1 aromatic carbocycles. The highest BCUT2D eigenvalue weighted by atomic mass is 15.1. The van der Waals surface area contributed by atoms with Crippen LogP contribution < -0.4 is 5.32 Å². The summed E-state index contributed by atoms with van der Waals surface area (Å²) in [5, 5.41) is 3.58. The zero-order valence-corrected chi connectivity index (χ0v) is 11.9. The second kappa shape index (κ2) is 6.35. The van der Waals surface area contributed by atoms with Gasteiger partial charge in [-0.1, -0.05) is 31.2 Å². The SMILES string of the molecule is CCN(Cc1cccc(CNC2CC2)c1)C(C)C. The van der Waals surface area contributed by atoms with Gasteiger partial charge in [-0.05, 0) is 44.4 Å². The highest BCUT2D eigenvalue weighted by molar-refractivity contribution is 5.23. The highest BCUT2D eigenvalue weighted by Crippen LogP contribution is 2.19. The Kier molecular flexibility index (Phi) is 4.79. The second-order valence-corrected chi connectivity index (χ2v) is 5.63. The monoisotopic (exact) mass is 246 g/mol. The Morgan fingerprint density at radius 3 is 2.61 bits per heavy atom. The molecule has 1 fully saturated rings. The topological polar surface area (TPSA) is 15.3 Å². The zero-order chi connectivity index (χ0) is 13.0. The molecule has 0 radical (unpaired) electrons. The Labute approximate surface area is 111 Å². The first-order valence-electron chi connectivity index (χ1n) is 7.24. The largest absolute Gasteiger partial charge is 0.310 e. The highest BCUT2D eigenvalue weighted by Gasteiger charge is 2.19. The lowest BCUT2D eigenvalue weighted by Gasteiger charge is -2.25. The van der Waals surface area contributed by atoms with E-state index in [1.165, 1.54) is 24.0 Å². The molecule has 1 aromatic rings. The minimum Gasteiger partial charge on any atom is -0.310 e. The van der Waals surface area contributed by atoms with Crippen LogP contribution in [-0.2, 0) is 13.1 Å². The molecule has 1 N–H and O–H groups in total. The van der Waals surface area contributed by atoms with E-state index in [4.69, 9.17) is 0 Å². The van der Waals surface area contributed by atoms with Gasteiger partial charge in [-0.15, -0.1) is 0 Å². The maximum atomic E-state index is 3.58. The molecular formula is C16H26N2. The fraction of sp³-hybridized carbons (Fsp3) is 0.625. The molecule has 2 rings (SSSR count). The van der Waals surface area contributed by atoms with Crippen molar-refractivity contribution < 1.29 is 0 Å². The van der Waals surface area contributed by atoms with Crippen LogP contribution in [0.25, 0.3) is 0 Å². The Balaban J connectivity index is 1.92. The van der Waals surface area contributed by atoms with Crippen molar-refractivity contribution in [2.75, 3.05) is 6.54 Å². The maximum Gasteiger partial charge on any atom is 0.0236 e. The van der Waals surface area contributed by atoms with Crippen molar-refractivity contribution in [1.82, 2.24) is 10.2 Å². The van der Waals surface area contributed by atoms with Crippen LogP contribution in [0, 0.1) is 0 Å².